The fourth-order valence-electron chi connectivity index (χ4n) is 2.44. The van der Waals surface area contributed by atoms with Crippen LogP contribution in [0.5, 0.6) is 0 Å². The molecular weight excluding hydrogens is 262 g/mol. The number of hydrogen-bond acceptors (Lipinski definition) is 4. The largest absolute Gasteiger partial charge is 0.330 e. The lowest BCUT2D eigenvalue weighted by atomic mass is 9.95. The van der Waals surface area contributed by atoms with Crippen molar-refractivity contribution in [3.05, 3.63) is 17.2 Å². The highest BCUT2D eigenvalue weighted by atomic mass is 32.2. The van der Waals surface area contributed by atoms with Crippen molar-refractivity contribution in [3.63, 3.8) is 0 Å². The highest BCUT2D eigenvalue weighted by molar-refractivity contribution is 7.90. The summed E-state index contributed by atoms with van der Waals surface area (Å²) in [4.78, 5) is 4.73. The van der Waals surface area contributed by atoms with Gasteiger partial charge in [-0.05, 0) is 0 Å². The third-order valence-electron chi connectivity index (χ3n) is 3.34. The summed E-state index contributed by atoms with van der Waals surface area (Å²) < 4.78 is 24.9. The van der Waals surface area contributed by atoms with E-state index in [2.05, 4.69) is 30.7 Å². The molecule has 0 radical (unpaired) electrons. The zero-order valence-electron chi connectivity index (χ0n) is 12.2. The predicted octanol–water partition coefficient (Wildman–Crippen LogP) is 0.871. The summed E-state index contributed by atoms with van der Waals surface area (Å²) in [6, 6.07) is 0. The molecule has 1 aliphatic rings. The average Bonchev–Trinajstić information content (AvgIpc) is 2.63. The van der Waals surface area contributed by atoms with Crippen LogP contribution in [0.2, 0.25) is 0 Å². The first-order chi connectivity index (χ1) is 8.68. The van der Waals surface area contributed by atoms with Crippen molar-refractivity contribution in [1.29, 1.82) is 0 Å². The molecule has 1 aliphatic heterocycles. The molecule has 19 heavy (non-hydrogen) atoms. The maximum absolute atomic E-state index is 11.4. The predicted molar refractivity (Wildman–Crippen MR) is 76.0 cm³/mol. The Morgan fingerprint density at radius 2 is 2.05 bits per heavy atom. The first-order valence-electron chi connectivity index (χ1n) is 6.66. The molecule has 0 unspecified atom stereocenters. The highest BCUT2D eigenvalue weighted by Gasteiger charge is 2.27. The van der Waals surface area contributed by atoms with E-state index in [9.17, 15) is 8.42 Å². The van der Waals surface area contributed by atoms with Crippen LogP contribution in [-0.2, 0) is 34.8 Å². The Kier molecular flexibility index (Phi) is 3.75. The van der Waals surface area contributed by atoms with Crippen LogP contribution in [0.25, 0.3) is 0 Å². The molecule has 0 fully saturated rings. The maximum atomic E-state index is 11.4. The molecule has 0 aliphatic carbocycles. The van der Waals surface area contributed by atoms with Crippen LogP contribution in [-0.4, -0.2) is 36.5 Å². The zero-order chi connectivity index (χ0) is 14.3. The summed E-state index contributed by atoms with van der Waals surface area (Å²) in [5.41, 5.74) is 2.20. The number of fused-ring (bicyclic) bond motifs is 1. The van der Waals surface area contributed by atoms with E-state index in [0.29, 0.717) is 6.54 Å². The van der Waals surface area contributed by atoms with Gasteiger partial charge in [-0.2, -0.15) is 0 Å². The lowest BCUT2D eigenvalue weighted by Gasteiger charge is -2.21. The Morgan fingerprint density at radius 3 is 2.63 bits per heavy atom. The zero-order valence-corrected chi connectivity index (χ0v) is 13.0. The molecule has 0 saturated heterocycles. The first-order valence-corrected chi connectivity index (χ1v) is 8.72. The topological polar surface area (TPSA) is 64.0 Å². The normalized spacial score (nSPS) is 16.4. The van der Waals surface area contributed by atoms with E-state index < -0.39 is 9.84 Å². The van der Waals surface area contributed by atoms with Gasteiger partial charge in [0.1, 0.15) is 15.7 Å². The summed E-state index contributed by atoms with van der Waals surface area (Å²) in [5.74, 6) is 1.16. The second-order valence-corrected chi connectivity index (χ2v) is 8.55. The van der Waals surface area contributed by atoms with Gasteiger partial charge in [-0.1, -0.05) is 20.8 Å². The highest BCUT2D eigenvalue weighted by Crippen LogP contribution is 2.26. The molecule has 1 aromatic rings. The maximum Gasteiger partial charge on any atom is 0.149 e. The van der Waals surface area contributed by atoms with Crippen molar-refractivity contribution < 1.29 is 8.42 Å². The summed E-state index contributed by atoms with van der Waals surface area (Å²) in [5, 5.41) is 3.31. The van der Waals surface area contributed by atoms with Crippen LogP contribution in [0.15, 0.2) is 0 Å². The molecule has 6 heteroatoms. The van der Waals surface area contributed by atoms with Gasteiger partial charge in [-0.3, -0.25) is 0 Å². The van der Waals surface area contributed by atoms with Crippen molar-refractivity contribution >= 4 is 9.84 Å². The minimum atomic E-state index is -2.95. The number of nitrogens with one attached hydrogen (secondary N) is 1. The van der Waals surface area contributed by atoms with Gasteiger partial charge in [-0.25, -0.2) is 13.4 Å². The number of imidazole rings is 1. The fourth-order valence-corrected chi connectivity index (χ4v) is 2.96. The van der Waals surface area contributed by atoms with E-state index in [0.717, 1.165) is 31.0 Å². The summed E-state index contributed by atoms with van der Waals surface area (Å²) in [7, 11) is -2.95. The number of aromatic nitrogens is 2. The molecule has 1 aromatic heterocycles. The molecule has 0 saturated carbocycles. The SMILES string of the molecule is CC(C)(C)c1nc2c(n1CCS(C)(=O)=O)CCNC2. The van der Waals surface area contributed by atoms with Crippen LogP contribution >= 0.6 is 0 Å². The standard InChI is InChI=1S/C13H23N3O2S/c1-13(2,3)12-15-10-9-14-6-5-11(10)16(12)7-8-19(4,17)18/h14H,5-9H2,1-4H3. The first kappa shape index (κ1) is 14.5. The van der Waals surface area contributed by atoms with E-state index in [1.54, 1.807) is 0 Å². The van der Waals surface area contributed by atoms with Crippen LogP contribution in [0.3, 0.4) is 0 Å². The van der Waals surface area contributed by atoms with E-state index in [1.165, 1.54) is 11.9 Å². The molecule has 1 N–H and O–H groups in total. The lowest BCUT2D eigenvalue weighted by Crippen LogP contribution is -2.27. The molecule has 0 aromatic carbocycles. The minimum Gasteiger partial charge on any atom is -0.330 e. The fraction of sp³-hybridized carbons (Fsp3) is 0.769. The third-order valence-corrected chi connectivity index (χ3v) is 4.27. The van der Waals surface area contributed by atoms with Crippen molar-refractivity contribution in [3.8, 4) is 0 Å². The van der Waals surface area contributed by atoms with E-state index in [4.69, 9.17) is 4.98 Å². The second-order valence-electron chi connectivity index (χ2n) is 6.29. The van der Waals surface area contributed by atoms with Crippen molar-refractivity contribution in [1.82, 2.24) is 14.9 Å². The number of nitrogens with zero attached hydrogens (tertiary/aromatic N) is 2. The molecule has 0 bridgehead atoms. The van der Waals surface area contributed by atoms with Crippen molar-refractivity contribution in [2.75, 3.05) is 18.6 Å². The Morgan fingerprint density at radius 1 is 1.37 bits per heavy atom. The number of rotatable bonds is 3. The van der Waals surface area contributed by atoms with Gasteiger partial charge in [0.2, 0.25) is 0 Å². The number of sulfone groups is 1. The molecule has 2 rings (SSSR count). The summed E-state index contributed by atoms with van der Waals surface area (Å²) >= 11 is 0. The Balaban J connectivity index is 2.40. The lowest BCUT2D eigenvalue weighted by molar-refractivity contribution is 0.496. The Bertz CT molecular complexity index is 567. The van der Waals surface area contributed by atoms with Crippen LogP contribution in [0.1, 0.15) is 38.0 Å². The van der Waals surface area contributed by atoms with Gasteiger partial charge in [0.05, 0.1) is 11.4 Å². The van der Waals surface area contributed by atoms with Gasteiger partial charge < -0.3 is 9.88 Å². The molecular formula is C13H23N3O2S. The van der Waals surface area contributed by atoms with E-state index >= 15 is 0 Å². The Hall–Kier alpha value is -0.880. The minimum absolute atomic E-state index is 0.0746. The van der Waals surface area contributed by atoms with Gasteiger partial charge in [0, 0.05) is 43.4 Å². The average molecular weight is 285 g/mol. The molecule has 0 atom stereocenters. The summed E-state index contributed by atoms with van der Waals surface area (Å²) in [6.07, 6.45) is 2.21. The van der Waals surface area contributed by atoms with Gasteiger partial charge in [0.15, 0.2) is 0 Å². The van der Waals surface area contributed by atoms with Crippen molar-refractivity contribution in [2.24, 2.45) is 0 Å². The van der Waals surface area contributed by atoms with Crippen LogP contribution < -0.4 is 5.32 Å². The molecule has 0 amide bonds. The smallest absolute Gasteiger partial charge is 0.149 e. The second kappa shape index (κ2) is 4.90. The molecule has 5 nitrogen and oxygen atoms in total. The third kappa shape index (κ3) is 3.36. The summed E-state index contributed by atoms with van der Waals surface area (Å²) in [6.45, 7) is 8.57. The van der Waals surface area contributed by atoms with Gasteiger partial charge in [0.25, 0.3) is 0 Å². The molecule has 108 valence electrons. The van der Waals surface area contributed by atoms with Gasteiger partial charge >= 0.3 is 0 Å². The van der Waals surface area contributed by atoms with Gasteiger partial charge in [-0.15, -0.1) is 0 Å². The molecule has 2 heterocycles. The van der Waals surface area contributed by atoms with Crippen LogP contribution in [0, 0.1) is 0 Å². The molecule has 0 spiro atoms. The van der Waals surface area contributed by atoms with Crippen LogP contribution in [0.4, 0.5) is 0 Å². The monoisotopic (exact) mass is 285 g/mol. The Labute approximate surface area is 115 Å². The van der Waals surface area contributed by atoms with E-state index in [1.807, 2.05) is 0 Å². The number of hydrogen-bond donors (Lipinski definition) is 1. The van der Waals surface area contributed by atoms with Crippen molar-refractivity contribution in [2.45, 2.75) is 45.7 Å². The quantitative estimate of drug-likeness (QED) is 0.895. The van der Waals surface area contributed by atoms with E-state index in [-0.39, 0.29) is 11.2 Å².